The number of hydrogen-bond donors (Lipinski definition) is 1. The van der Waals surface area contributed by atoms with Crippen LogP contribution in [-0.4, -0.2) is 22.6 Å². The predicted octanol–water partition coefficient (Wildman–Crippen LogP) is 2.69. The van der Waals surface area contributed by atoms with E-state index in [4.69, 9.17) is 0 Å². The molecule has 1 atom stereocenters. The van der Waals surface area contributed by atoms with Gasteiger partial charge < -0.3 is 9.88 Å². The molecule has 98 valence electrons. The Morgan fingerprint density at radius 1 is 1.28 bits per heavy atom. The Hall–Kier alpha value is -0.840. The maximum absolute atomic E-state index is 11.7. The van der Waals surface area contributed by atoms with Crippen molar-refractivity contribution in [2.75, 3.05) is 11.4 Å². The van der Waals surface area contributed by atoms with Gasteiger partial charge in [0.1, 0.15) is 4.47 Å². The Balaban J connectivity index is 1.90. The van der Waals surface area contributed by atoms with Crippen LogP contribution in [0, 0.1) is 5.92 Å². The third kappa shape index (κ3) is 2.09. The van der Waals surface area contributed by atoms with Crippen molar-refractivity contribution < 1.29 is 0 Å². The quantitative estimate of drug-likeness (QED) is 0.913. The minimum Gasteiger partial charge on any atom is -0.352 e. The van der Waals surface area contributed by atoms with E-state index in [0.29, 0.717) is 10.5 Å². The molecule has 2 fully saturated rings. The normalized spacial score (nSPS) is 24.9. The standard InChI is InChI=1S/C13H18BrN3O/c14-11-12(15-8-16-13(11)18)17-7-3-6-10(17)9-4-1-2-5-9/h8-10H,1-7H2,(H,15,16,18). The fourth-order valence-corrected chi connectivity index (χ4v) is 3.91. The van der Waals surface area contributed by atoms with Gasteiger partial charge in [0.2, 0.25) is 0 Å². The molecular formula is C13H18BrN3O. The molecule has 1 saturated carbocycles. The summed E-state index contributed by atoms with van der Waals surface area (Å²) in [5, 5.41) is 0. The summed E-state index contributed by atoms with van der Waals surface area (Å²) >= 11 is 3.38. The maximum atomic E-state index is 11.7. The van der Waals surface area contributed by atoms with E-state index in [1.807, 2.05) is 0 Å². The highest BCUT2D eigenvalue weighted by molar-refractivity contribution is 9.10. The van der Waals surface area contributed by atoms with E-state index in [1.54, 1.807) is 0 Å². The second-order valence-corrected chi connectivity index (χ2v) is 6.11. The van der Waals surface area contributed by atoms with Crippen LogP contribution in [-0.2, 0) is 0 Å². The number of H-pyrrole nitrogens is 1. The molecular weight excluding hydrogens is 294 g/mol. The van der Waals surface area contributed by atoms with E-state index in [9.17, 15) is 4.79 Å². The first-order valence-corrected chi connectivity index (χ1v) is 7.56. The number of aromatic nitrogens is 2. The minimum atomic E-state index is -0.0860. The lowest BCUT2D eigenvalue weighted by Gasteiger charge is -2.30. The Morgan fingerprint density at radius 2 is 2.06 bits per heavy atom. The van der Waals surface area contributed by atoms with Crippen LogP contribution in [0.5, 0.6) is 0 Å². The predicted molar refractivity (Wildman–Crippen MR) is 74.9 cm³/mol. The second kappa shape index (κ2) is 5.03. The molecule has 0 aromatic carbocycles. The summed E-state index contributed by atoms with van der Waals surface area (Å²) in [6, 6.07) is 0.582. The lowest BCUT2D eigenvalue weighted by molar-refractivity contribution is 0.429. The van der Waals surface area contributed by atoms with Crippen LogP contribution in [0.4, 0.5) is 5.82 Å². The van der Waals surface area contributed by atoms with Crippen LogP contribution < -0.4 is 10.5 Å². The zero-order valence-corrected chi connectivity index (χ0v) is 11.9. The van der Waals surface area contributed by atoms with Gasteiger partial charge in [0.05, 0.1) is 6.33 Å². The van der Waals surface area contributed by atoms with Gasteiger partial charge in [-0.2, -0.15) is 0 Å². The SMILES string of the molecule is O=c1[nH]cnc(N2CCCC2C2CCCC2)c1Br. The molecule has 2 aliphatic rings. The van der Waals surface area contributed by atoms with E-state index in [1.165, 1.54) is 44.9 Å². The molecule has 1 N–H and O–H groups in total. The molecule has 3 rings (SSSR count). The molecule has 1 aromatic heterocycles. The number of anilines is 1. The summed E-state index contributed by atoms with van der Waals surface area (Å²) < 4.78 is 0.579. The van der Waals surface area contributed by atoms with Crippen molar-refractivity contribution in [3.8, 4) is 0 Å². The molecule has 0 radical (unpaired) electrons. The van der Waals surface area contributed by atoms with Crippen LogP contribution in [0.3, 0.4) is 0 Å². The number of hydrogen-bond acceptors (Lipinski definition) is 3. The smallest absolute Gasteiger partial charge is 0.267 e. The minimum absolute atomic E-state index is 0.0860. The van der Waals surface area contributed by atoms with Crippen molar-refractivity contribution in [3.63, 3.8) is 0 Å². The van der Waals surface area contributed by atoms with Gasteiger partial charge in [-0.05, 0) is 47.5 Å². The summed E-state index contributed by atoms with van der Waals surface area (Å²) in [6.07, 6.45) is 9.35. The monoisotopic (exact) mass is 311 g/mol. The average molecular weight is 312 g/mol. The van der Waals surface area contributed by atoms with Crippen LogP contribution >= 0.6 is 15.9 Å². The number of halogens is 1. The molecule has 2 heterocycles. The van der Waals surface area contributed by atoms with Crippen LogP contribution in [0.25, 0.3) is 0 Å². The highest BCUT2D eigenvalue weighted by Crippen LogP contribution is 2.38. The first-order valence-electron chi connectivity index (χ1n) is 6.77. The molecule has 1 aromatic rings. The Labute approximate surface area is 115 Å². The summed E-state index contributed by atoms with van der Waals surface area (Å²) in [5.41, 5.74) is -0.0860. The molecule has 1 unspecified atom stereocenters. The molecule has 4 nitrogen and oxygen atoms in total. The van der Waals surface area contributed by atoms with Gasteiger partial charge in [0, 0.05) is 12.6 Å². The van der Waals surface area contributed by atoms with Crippen LogP contribution in [0.15, 0.2) is 15.6 Å². The zero-order chi connectivity index (χ0) is 12.5. The van der Waals surface area contributed by atoms with E-state index >= 15 is 0 Å². The van der Waals surface area contributed by atoms with Gasteiger partial charge >= 0.3 is 0 Å². The van der Waals surface area contributed by atoms with Crippen molar-refractivity contribution in [1.29, 1.82) is 0 Å². The summed E-state index contributed by atoms with van der Waals surface area (Å²) in [5.74, 6) is 1.62. The van der Waals surface area contributed by atoms with E-state index in [-0.39, 0.29) is 5.56 Å². The van der Waals surface area contributed by atoms with Gasteiger partial charge in [-0.3, -0.25) is 4.79 Å². The summed E-state index contributed by atoms with van der Waals surface area (Å²) in [6.45, 7) is 1.02. The third-order valence-electron chi connectivity index (χ3n) is 4.29. The summed E-state index contributed by atoms with van der Waals surface area (Å²) in [7, 11) is 0. The zero-order valence-electron chi connectivity index (χ0n) is 10.4. The van der Waals surface area contributed by atoms with Crippen molar-refractivity contribution in [1.82, 2.24) is 9.97 Å². The van der Waals surface area contributed by atoms with Gasteiger partial charge in [-0.1, -0.05) is 12.8 Å². The number of nitrogens with one attached hydrogen (secondary N) is 1. The molecule has 0 spiro atoms. The van der Waals surface area contributed by atoms with E-state index in [2.05, 4.69) is 30.8 Å². The van der Waals surface area contributed by atoms with E-state index in [0.717, 1.165) is 18.3 Å². The number of aromatic amines is 1. The molecule has 1 aliphatic carbocycles. The maximum Gasteiger partial charge on any atom is 0.267 e. The third-order valence-corrected chi connectivity index (χ3v) is 5.01. The first-order chi connectivity index (χ1) is 8.77. The first kappa shape index (κ1) is 12.2. The van der Waals surface area contributed by atoms with Crippen LogP contribution in [0.1, 0.15) is 38.5 Å². The Morgan fingerprint density at radius 3 is 2.83 bits per heavy atom. The van der Waals surface area contributed by atoms with Crippen molar-refractivity contribution >= 4 is 21.7 Å². The van der Waals surface area contributed by atoms with Gasteiger partial charge in [-0.15, -0.1) is 0 Å². The molecule has 0 bridgehead atoms. The van der Waals surface area contributed by atoms with Crippen LogP contribution in [0.2, 0.25) is 0 Å². The number of rotatable bonds is 2. The summed E-state index contributed by atoms with van der Waals surface area (Å²) in [4.78, 5) is 21.0. The molecule has 1 saturated heterocycles. The van der Waals surface area contributed by atoms with E-state index < -0.39 is 0 Å². The number of nitrogens with zero attached hydrogens (tertiary/aromatic N) is 2. The molecule has 18 heavy (non-hydrogen) atoms. The topological polar surface area (TPSA) is 49.0 Å². The Bertz CT molecular complexity index is 481. The van der Waals surface area contributed by atoms with Crippen molar-refractivity contribution in [3.05, 3.63) is 21.2 Å². The van der Waals surface area contributed by atoms with Gasteiger partial charge in [-0.25, -0.2) is 4.98 Å². The molecule has 0 amide bonds. The van der Waals surface area contributed by atoms with Crippen molar-refractivity contribution in [2.45, 2.75) is 44.6 Å². The van der Waals surface area contributed by atoms with Crippen molar-refractivity contribution in [2.24, 2.45) is 5.92 Å². The highest BCUT2D eigenvalue weighted by atomic mass is 79.9. The largest absolute Gasteiger partial charge is 0.352 e. The van der Waals surface area contributed by atoms with Gasteiger partial charge in [0.15, 0.2) is 5.82 Å². The lowest BCUT2D eigenvalue weighted by Crippen LogP contribution is -2.36. The fourth-order valence-electron chi connectivity index (χ4n) is 3.46. The second-order valence-electron chi connectivity index (χ2n) is 5.32. The highest BCUT2D eigenvalue weighted by Gasteiger charge is 2.34. The lowest BCUT2D eigenvalue weighted by atomic mass is 9.96. The molecule has 1 aliphatic heterocycles. The molecule has 5 heteroatoms. The Kier molecular flexibility index (Phi) is 3.41. The van der Waals surface area contributed by atoms with Gasteiger partial charge in [0.25, 0.3) is 5.56 Å². The average Bonchev–Trinajstić information content (AvgIpc) is 3.01. The fraction of sp³-hybridized carbons (Fsp3) is 0.692.